The van der Waals surface area contributed by atoms with Gasteiger partial charge in [0.2, 0.25) is 0 Å². The maximum absolute atomic E-state index is 12.6. The van der Waals surface area contributed by atoms with E-state index >= 15 is 0 Å². The highest BCUT2D eigenvalue weighted by Gasteiger charge is 2.20. The van der Waals surface area contributed by atoms with Crippen molar-refractivity contribution in [3.8, 4) is 11.5 Å². The van der Waals surface area contributed by atoms with E-state index in [-0.39, 0.29) is 16.6 Å². The van der Waals surface area contributed by atoms with Gasteiger partial charge in [-0.3, -0.25) is 4.79 Å². The number of halogens is 1. The second-order valence-electron chi connectivity index (χ2n) is 4.38. The standard InChI is InChI=1S/C15H15ClN2O3/c1-20-12-4-3-11(15(21-2)13(12)16)14(19)8-5-9(17)7-10(18)6-8/h3-7H,17-18H2,1-2H3. The monoisotopic (exact) mass is 306 g/mol. The summed E-state index contributed by atoms with van der Waals surface area (Å²) in [6, 6.07) is 7.88. The lowest BCUT2D eigenvalue weighted by molar-refractivity contribution is 0.103. The Morgan fingerprint density at radius 2 is 1.67 bits per heavy atom. The average Bonchev–Trinajstić information content (AvgIpc) is 2.45. The molecule has 0 aliphatic rings. The number of ether oxygens (including phenoxy) is 2. The van der Waals surface area contributed by atoms with Crippen molar-refractivity contribution in [1.29, 1.82) is 0 Å². The molecule has 0 radical (unpaired) electrons. The predicted molar refractivity (Wildman–Crippen MR) is 83.3 cm³/mol. The van der Waals surface area contributed by atoms with Crippen LogP contribution >= 0.6 is 11.6 Å². The van der Waals surface area contributed by atoms with Gasteiger partial charge < -0.3 is 20.9 Å². The molecule has 110 valence electrons. The summed E-state index contributed by atoms with van der Waals surface area (Å²) in [6.07, 6.45) is 0. The lowest BCUT2D eigenvalue weighted by atomic mass is 10.0. The number of ketones is 1. The molecule has 2 rings (SSSR count). The van der Waals surface area contributed by atoms with Gasteiger partial charge in [-0.15, -0.1) is 0 Å². The molecular weight excluding hydrogens is 292 g/mol. The normalized spacial score (nSPS) is 10.2. The molecule has 4 N–H and O–H groups in total. The molecule has 6 heteroatoms. The molecule has 0 heterocycles. The lowest BCUT2D eigenvalue weighted by Crippen LogP contribution is -2.06. The molecule has 0 aliphatic heterocycles. The highest BCUT2D eigenvalue weighted by Crippen LogP contribution is 2.37. The highest BCUT2D eigenvalue weighted by atomic mass is 35.5. The number of hydrogen-bond acceptors (Lipinski definition) is 5. The number of anilines is 2. The van der Waals surface area contributed by atoms with Gasteiger partial charge in [0.05, 0.1) is 19.8 Å². The number of methoxy groups -OCH3 is 2. The van der Waals surface area contributed by atoms with E-state index in [1.807, 2.05) is 0 Å². The molecule has 0 fully saturated rings. The van der Waals surface area contributed by atoms with E-state index in [0.717, 1.165) is 0 Å². The highest BCUT2D eigenvalue weighted by molar-refractivity contribution is 6.34. The van der Waals surface area contributed by atoms with E-state index in [4.69, 9.17) is 32.5 Å². The minimum absolute atomic E-state index is 0.239. The van der Waals surface area contributed by atoms with Crippen LogP contribution in [0.2, 0.25) is 5.02 Å². The Kier molecular flexibility index (Phi) is 4.23. The fourth-order valence-corrected chi connectivity index (χ4v) is 2.36. The van der Waals surface area contributed by atoms with Crippen molar-refractivity contribution in [3.05, 3.63) is 46.5 Å². The molecule has 0 atom stereocenters. The molecule has 2 aromatic rings. The molecule has 0 aliphatic carbocycles. The summed E-state index contributed by atoms with van der Waals surface area (Å²) >= 11 is 6.16. The summed E-state index contributed by atoms with van der Waals surface area (Å²) in [7, 11) is 2.92. The van der Waals surface area contributed by atoms with Crippen LogP contribution < -0.4 is 20.9 Å². The Bertz CT molecular complexity index is 681. The van der Waals surface area contributed by atoms with Gasteiger partial charge in [0.25, 0.3) is 0 Å². The number of rotatable bonds is 4. The van der Waals surface area contributed by atoms with E-state index in [1.165, 1.54) is 14.2 Å². The summed E-state index contributed by atoms with van der Waals surface area (Å²) in [5.74, 6) is 0.398. The SMILES string of the molecule is COc1ccc(C(=O)c2cc(N)cc(N)c2)c(OC)c1Cl. The van der Waals surface area contributed by atoms with Crippen LogP contribution in [0.5, 0.6) is 11.5 Å². The number of carbonyl (C=O) groups is 1. The van der Waals surface area contributed by atoms with E-state index in [2.05, 4.69) is 0 Å². The Hall–Kier alpha value is -2.40. The fraction of sp³-hybridized carbons (Fsp3) is 0.133. The van der Waals surface area contributed by atoms with Crippen molar-refractivity contribution in [2.24, 2.45) is 0 Å². The van der Waals surface area contributed by atoms with Crippen LogP contribution in [-0.4, -0.2) is 20.0 Å². The topological polar surface area (TPSA) is 87.6 Å². The molecule has 5 nitrogen and oxygen atoms in total. The number of nitrogens with two attached hydrogens (primary N) is 2. The van der Waals surface area contributed by atoms with Crippen molar-refractivity contribution in [2.75, 3.05) is 25.7 Å². The van der Waals surface area contributed by atoms with Crippen molar-refractivity contribution in [3.63, 3.8) is 0 Å². The largest absolute Gasteiger partial charge is 0.495 e. The van der Waals surface area contributed by atoms with Gasteiger partial charge in [0, 0.05) is 16.9 Å². The first-order valence-electron chi connectivity index (χ1n) is 6.09. The number of benzene rings is 2. The Balaban J connectivity index is 2.55. The quantitative estimate of drug-likeness (QED) is 0.670. The van der Waals surface area contributed by atoms with Gasteiger partial charge in [-0.25, -0.2) is 0 Å². The van der Waals surface area contributed by atoms with Crippen molar-refractivity contribution < 1.29 is 14.3 Å². The molecule has 0 saturated carbocycles. The molecule has 0 bridgehead atoms. The van der Waals surface area contributed by atoms with Crippen LogP contribution in [0.3, 0.4) is 0 Å². The minimum Gasteiger partial charge on any atom is -0.495 e. The second kappa shape index (κ2) is 5.93. The maximum Gasteiger partial charge on any atom is 0.196 e. The zero-order valence-corrected chi connectivity index (χ0v) is 12.4. The lowest BCUT2D eigenvalue weighted by Gasteiger charge is -2.13. The molecular formula is C15H15ClN2O3. The predicted octanol–water partition coefficient (Wildman–Crippen LogP) is 2.75. The number of hydrogen-bond donors (Lipinski definition) is 2. The van der Waals surface area contributed by atoms with Crippen LogP contribution in [0.4, 0.5) is 11.4 Å². The first-order chi connectivity index (χ1) is 9.97. The van der Waals surface area contributed by atoms with E-state index < -0.39 is 0 Å². The smallest absolute Gasteiger partial charge is 0.196 e. The Morgan fingerprint density at radius 3 is 2.19 bits per heavy atom. The third-order valence-corrected chi connectivity index (χ3v) is 3.33. The molecule has 0 amide bonds. The van der Waals surface area contributed by atoms with Crippen LogP contribution in [0.15, 0.2) is 30.3 Å². The van der Waals surface area contributed by atoms with Gasteiger partial charge >= 0.3 is 0 Å². The maximum atomic E-state index is 12.6. The zero-order valence-electron chi connectivity index (χ0n) is 11.6. The Morgan fingerprint density at radius 1 is 1.05 bits per heavy atom. The van der Waals surface area contributed by atoms with E-state index in [0.29, 0.717) is 28.3 Å². The third-order valence-electron chi connectivity index (χ3n) is 2.97. The average molecular weight is 307 g/mol. The summed E-state index contributed by atoms with van der Waals surface area (Å²) in [4.78, 5) is 12.6. The van der Waals surface area contributed by atoms with Gasteiger partial charge in [0.15, 0.2) is 11.5 Å². The van der Waals surface area contributed by atoms with Gasteiger partial charge in [0.1, 0.15) is 10.8 Å². The van der Waals surface area contributed by atoms with Gasteiger partial charge in [-0.05, 0) is 30.3 Å². The molecule has 0 spiro atoms. The molecule has 2 aromatic carbocycles. The van der Waals surface area contributed by atoms with Crippen LogP contribution in [-0.2, 0) is 0 Å². The summed E-state index contributed by atoms with van der Waals surface area (Å²) in [5.41, 5.74) is 12.9. The van der Waals surface area contributed by atoms with Crippen molar-refractivity contribution >= 4 is 28.8 Å². The number of carbonyl (C=O) groups excluding carboxylic acids is 1. The summed E-state index contributed by atoms with van der Waals surface area (Å²) in [6.45, 7) is 0. The van der Waals surface area contributed by atoms with Crippen LogP contribution in [0.1, 0.15) is 15.9 Å². The third kappa shape index (κ3) is 2.87. The fourth-order valence-electron chi connectivity index (χ4n) is 2.04. The molecule has 0 saturated heterocycles. The minimum atomic E-state index is -0.282. The van der Waals surface area contributed by atoms with Crippen LogP contribution in [0.25, 0.3) is 0 Å². The zero-order chi connectivity index (χ0) is 15.6. The van der Waals surface area contributed by atoms with E-state index in [1.54, 1.807) is 30.3 Å². The van der Waals surface area contributed by atoms with Gasteiger partial charge in [-0.1, -0.05) is 11.6 Å². The first-order valence-corrected chi connectivity index (χ1v) is 6.47. The van der Waals surface area contributed by atoms with Crippen molar-refractivity contribution in [1.82, 2.24) is 0 Å². The van der Waals surface area contributed by atoms with Gasteiger partial charge in [-0.2, -0.15) is 0 Å². The Labute approximate surface area is 127 Å². The van der Waals surface area contributed by atoms with E-state index in [9.17, 15) is 4.79 Å². The second-order valence-corrected chi connectivity index (χ2v) is 4.76. The molecule has 21 heavy (non-hydrogen) atoms. The first kappa shape index (κ1) is 15.0. The summed E-state index contributed by atoms with van der Waals surface area (Å²) < 4.78 is 10.3. The molecule has 0 aromatic heterocycles. The molecule has 0 unspecified atom stereocenters. The number of nitrogen functional groups attached to an aromatic ring is 2. The van der Waals surface area contributed by atoms with Crippen LogP contribution in [0, 0.1) is 0 Å². The van der Waals surface area contributed by atoms with Crippen molar-refractivity contribution in [2.45, 2.75) is 0 Å². The summed E-state index contributed by atoms with van der Waals surface area (Å²) in [5, 5.41) is 0.239.